The molecule has 1 aromatic carbocycles. The number of carbonyl (C=O) groups excluding carboxylic acids is 1. The van der Waals surface area contributed by atoms with Crippen LogP contribution in [0.3, 0.4) is 0 Å². The van der Waals surface area contributed by atoms with Gasteiger partial charge >= 0.3 is 0 Å². The predicted molar refractivity (Wildman–Crippen MR) is 98.1 cm³/mol. The van der Waals surface area contributed by atoms with E-state index in [0.717, 1.165) is 31.5 Å². The molecule has 7 heteroatoms. The van der Waals surface area contributed by atoms with E-state index in [0.29, 0.717) is 36.3 Å². The van der Waals surface area contributed by atoms with E-state index >= 15 is 0 Å². The number of rotatable bonds is 4. The molecule has 2 aliphatic rings. The molecule has 2 fully saturated rings. The molecule has 1 unspecified atom stereocenters. The number of hydrogen-bond acceptors (Lipinski definition) is 4. The van der Waals surface area contributed by atoms with Crippen molar-refractivity contribution in [2.45, 2.75) is 18.9 Å². The van der Waals surface area contributed by atoms with E-state index in [2.05, 4.69) is 5.32 Å². The maximum absolute atomic E-state index is 13.3. The van der Waals surface area contributed by atoms with Crippen LogP contribution < -0.4 is 5.32 Å². The highest BCUT2D eigenvalue weighted by molar-refractivity contribution is 6.42. The van der Waals surface area contributed by atoms with Gasteiger partial charge in [-0.2, -0.15) is 0 Å². The van der Waals surface area contributed by atoms with Gasteiger partial charge in [-0.05, 0) is 43.6 Å². The summed E-state index contributed by atoms with van der Waals surface area (Å²) >= 11 is 12.1. The smallest absolute Gasteiger partial charge is 0.231 e. The second-order valence-corrected chi connectivity index (χ2v) is 7.56. The van der Waals surface area contributed by atoms with E-state index in [1.165, 1.54) is 0 Å². The molecule has 25 heavy (non-hydrogen) atoms. The van der Waals surface area contributed by atoms with E-state index in [9.17, 15) is 4.79 Å². The summed E-state index contributed by atoms with van der Waals surface area (Å²) in [6.45, 7) is 3.79. The van der Waals surface area contributed by atoms with Crippen LogP contribution in [0, 0.1) is 5.41 Å². The number of morpholine rings is 1. The standard InChI is InChI=1S/C18H24Cl2N2O3/c1-24-12-18(4-6-21-7-5-18)17(23)22-8-9-25-16(11-22)13-2-3-14(19)15(20)10-13/h2-3,10,16,21H,4-9,11-12H2,1H3. The lowest BCUT2D eigenvalue weighted by Crippen LogP contribution is -2.54. The fourth-order valence-electron chi connectivity index (χ4n) is 3.69. The highest BCUT2D eigenvalue weighted by atomic mass is 35.5. The Bertz CT molecular complexity index is 615. The third-order valence-corrected chi connectivity index (χ3v) is 5.84. The zero-order chi connectivity index (χ0) is 17.9. The van der Waals surface area contributed by atoms with E-state index < -0.39 is 5.41 Å². The molecule has 0 bridgehead atoms. The minimum Gasteiger partial charge on any atom is -0.384 e. The van der Waals surface area contributed by atoms with Gasteiger partial charge in [0.25, 0.3) is 0 Å². The first kappa shape index (κ1) is 18.9. The number of halogens is 2. The predicted octanol–water partition coefficient (Wildman–Crippen LogP) is 2.91. The van der Waals surface area contributed by atoms with Gasteiger partial charge in [0.15, 0.2) is 0 Å². The van der Waals surface area contributed by atoms with Crippen molar-refractivity contribution in [2.75, 3.05) is 46.5 Å². The maximum Gasteiger partial charge on any atom is 0.231 e. The molecule has 0 saturated carbocycles. The number of hydrogen-bond donors (Lipinski definition) is 1. The molecule has 138 valence electrons. The monoisotopic (exact) mass is 386 g/mol. The Kier molecular flexibility index (Phi) is 6.23. The van der Waals surface area contributed by atoms with Gasteiger partial charge in [0.2, 0.25) is 5.91 Å². The van der Waals surface area contributed by atoms with Crippen molar-refractivity contribution in [3.05, 3.63) is 33.8 Å². The summed E-state index contributed by atoms with van der Waals surface area (Å²) in [7, 11) is 1.66. The van der Waals surface area contributed by atoms with Crippen molar-refractivity contribution in [1.82, 2.24) is 10.2 Å². The minimum atomic E-state index is -0.431. The summed E-state index contributed by atoms with van der Waals surface area (Å²) in [5, 5.41) is 4.34. The summed E-state index contributed by atoms with van der Waals surface area (Å²) in [4.78, 5) is 15.2. The van der Waals surface area contributed by atoms with E-state index in [1.54, 1.807) is 13.2 Å². The molecule has 5 nitrogen and oxygen atoms in total. The van der Waals surface area contributed by atoms with Crippen LogP contribution in [0.1, 0.15) is 24.5 Å². The number of piperidine rings is 1. The van der Waals surface area contributed by atoms with Crippen molar-refractivity contribution in [1.29, 1.82) is 0 Å². The van der Waals surface area contributed by atoms with E-state index in [-0.39, 0.29) is 12.0 Å². The number of benzene rings is 1. The van der Waals surface area contributed by atoms with Gasteiger partial charge in [0, 0.05) is 13.7 Å². The van der Waals surface area contributed by atoms with E-state index in [1.807, 2.05) is 17.0 Å². The molecule has 1 atom stereocenters. The summed E-state index contributed by atoms with van der Waals surface area (Å²) < 4.78 is 11.3. The van der Waals surface area contributed by atoms with Crippen molar-refractivity contribution in [3.8, 4) is 0 Å². The highest BCUT2D eigenvalue weighted by Crippen LogP contribution is 2.34. The zero-order valence-electron chi connectivity index (χ0n) is 14.4. The molecule has 2 saturated heterocycles. The lowest BCUT2D eigenvalue weighted by molar-refractivity contribution is -0.155. The Labute approximate surface area is 158 Å². The Morgan fingerprint density at radius 1 is 1.36 bits per heavy atom. The minimum absolute atomic E-state index is 0.171. The number of ether oxygens (including phenoxy) is 2. The quantitative estimate of drug-likeness (QED) is 0.863. The van der Waals surface area contributed by atoms with Gasteiger partial charge in [-0.15, -0.1) is 0 Å². The first-order chi connectivity index (χ1) is 12.1. The largest absolute Gasteiger partial charge is 0.384 e. The Morgan fingerprint density at radius 3 is 2.80 bits per heavy atom. The molecule has 0 spiro atoms. The van der Waals surface area contributed by atoms with Crippen molar-refractivity contribution >= 4 is 29.1 Å². The summed E-state index contributed by atoms with van der Waals surface area (Å²) in [6.07, 6.45) is 1.41. The van der Waals surface area contributed by atoms with Crippen LogP contribution in [-0.4, -0.2) is 57.3 Å². The van der Waals surface area contributed by atoms with Crippen LogP contribution in [0.15, 0.2) is 18.2 Å². The zero-order valence-corrected chi connectivity index (χ0v) is 15.9. The second kappa shape index (κ2) is 8.23. The molecule has 0 aliphatic carbocycles. The first-order valence-electron chi connectivity index (χ1n) is 8.61. The van der Waals surface area contributed by atoms with Crippen LogP contribution in [0.5, 0.6) is 0 Å². The summed E-state index contributed by atoms with van der Waals surface area (Å²) in [5.74, 6) is 0.171. The molecular weight excluding hydrogens is 363 g/mol. The molecule has 0 radical (unpaired) electrons. The lowest BCUT2D eigenvalue weighted by Gasteiger charge is -2.42. The molecule has 3 rings (SSSR count). The highest BCUT2D eigenvalue weighted by Gasteiger charge is 2.43. The van der Waals surface area contributed by atoms with Gasteiger partial charge < -0.3 is 19.7 Å². The number of amides is 1. The molecular formula is C18H24Cl2N2O3. The average molecular weight is 387 g/mol. The Balaban J connectivity index is 1.75. The molecule has 0 aromatic heterocycles. The van der Waals surface area contributed by atoms with Crippen molar-refractivity contribution in [2.24, 2.45) is 5.41 Å². The van der Waals surface area contributed by atoms with Crippen LogP contribution >= 0.6 is 23.2 Å². The number of carbonyl (C=O) groups is 1. The maximum atomic E-state index is 13.3. The lowest BCUT2D eigenvalue weighted by atomic mass is 9.78. The molecule has 1 N–H and O–H groups in total. The van der Waals surface area contributed by atoms with Gasteiger partial charge in [0.1, 0.15) is 6.10 Å². The van der Waals surface area contributed by atoms with Crippen molar-refractivity contribution < 1.29 is 14.3 Å². The molecule has 1 aromatic rings. The number of methoxy groups -OCH3 is 1. The third kappa shape index (κ3) is 4.12. The van der Waals surface area contributed by atoms with Crippen LogP contribution in [-0.2, 0) is 14.3 Å². The Hall–Kier alpha value is -0.850. The second-order valence-electron chi connectivity index (χ2n) is 6.75. The van der Waals surface area contributed by atoms with Gasteiger partial charge in [0.05, 0.1) is 35.2 Å². The Morgan fingerprint density at radius 2 is 2.12 bits per heavy atom. The van der Waals surface area contributed by atoms with Crippen LogP contribution in [0.2, 0.25) is 10.0 Å². The van der Waals surface area contributed by atoms with E-state index in [4.69, 9.17) is 32.7 Å². The van der Waals surface area contributed by atoms with Gasteiger partial charge in [-0.1, -0.05) is 29.3 Å². The normalized spacial score (nSPS) is 23.5. The number of nitrogens with zero attached hydrogens (tertiary/aromatic N) is 1. The average Bonchev–Trinajstić information content (AvgIpc) is 2.64. The van der Waals surface area contributed by atoms with Crippen LogP contribution in [0.4, 0.5) is 0 Å². The molecule has 2 aliphatic heterocycles. The van der Waals surface area contributed by atoms with Gasteiger partial charge in [-0.3, -0.25) is 4.79 Å². The summed E-state index contributed by atoms with van der Waals surface area (Å²) in [5.41, 5.74) is 0.512. The van der Waals surface area contributed by atoms with Crippen LogP contribution in [0.25, 0.3) is 0 Å². The fourth-order valence-corrected chi connectivity index (χ4v) is 3.99. The molecule has 1 amide bonds. The third-order valence-electron chi connectivity index (χ3n) is 5.10. The SMILES string of the molecule is COCC1(C(=O)N2CCOC(c3ccc(Cl)c(Cl)c3)C2)CCNCC1. The van der Waals surface area contributed by atoms with Gasteiger partial charge in [-0.25, -0.2) is 0 Å². The topological polar surface area (TPSA) is 50.8 Å². The molecule has 2 heterocycles. The number of nitrogens with one attached hydrogen (secondary N) is 1. The van der Waals surface area contributed by atoms with Crippen molar-refractivity contribution in [3.63, 3.8) is 0 Å². The first-order valence-corrected chi connectivity index (χ1v) is 9.37. The fraction of sp³-hybridized carbons (Fsp3) is 0.611. The summed E-state index contributed by atoms with van der Waals surface area (Å²) in [6, 6.07) is 5.49.